The topological polar surface area (TPSA) is 104 Å². The lowest BCUT2D eigenvalue weighted by atomic mass is 10.1. The van der Waals surface area contributed by atoms with Gasteiger partial charge >= 0.3 is 6.03 Å². The predicted molar refractivity (Wildman–Crippen MR) is 129 cm³/mol. The number of carbonyl (C=O) groups excluding carboxylic acids is 2. The molecule has 9 nitrogen and oxygen atoms in total. The molecule has 0 saturated carbocycles. The molecular weight excluding hydrogens is 455 g/mol. The number of rotatable bonds is 9. The van der Waals surface area contributed by atoms with Crippen LogP contribution >= 0.6 is 0 Å². The Morgan fingerprint density at radius 2 is 1.89 bits per heavy atom. The van der Waals surface area contributed by atoms with Crippen molar-refractivity contribution in [3.63, 3.8) is 0 Å². The highest BCUT2D eigenvalue weighted by Crippen LogP contribution is 2.34. The lowest BCUT2D eigenvalue weighted by Crippen LogP contribution is -2.29. The molecule has 0 aliphatic heterocycles. The van der Waals surface area contributed by atoms with E-state index in [1.807, 2.05) is 0 Å². The summed E-state index contributed by atoms with van der Waals surface area (Å²) in [6.07, 6.45) is 3.23. The lowest BCUT2D eigenvalue weighted by molar-refractivity contribution is 0.0934. The van der Waals surface area contributed by atoms with E-state index in [0.717, 1.165) is 5.39 Å². The fraction of sp³-hybridized carbons (Fsp3) is 0.240. The van der Waals surface area contributed by atoms with Crippen LogP contribution in [0.3, 0.4) is 0 Å². The second-order valence-corrected chi connectivity index (χ2v) is 7.56. The van der Waals surface area contributed by atoms with Crippen molar-refractivity contribution in [2.45, 2.75) is 0 Å². The molecule has 0 atom stereocenters. The minimum Gasteiger partial charge on any atom is -0.496 e. The van der Waals surface area contributed by atoms with Crippen LogP contribution in [0.25, 0.3) is 21.8 Å². The van der Waals surface area contributed by atoms with Crippen LogP contribution in [0.2, 0.25) is 0 Å². The SMILES string of the molecule is COCCNC(=O)c1cc2c(Oc3ccc4c(ccn4C(=O)NCCF)c3)ccnc2cc1OC. The molecule has 2 amide bonds. The summed E-state index contributed by atoms with van der Waals surface area (Å²) < 4.78 is 30.3. The third-order valence-corrected chi connectivity index (χ3v) is 5.34. The van der Waals surface area contributed by atoms with Crippen LogP contribution in [0, 0.1) is 0 Å². The Kier molecular flexibility index (Phi) is 7.41. The summed E-state index contributed by atoms with van der Waals surface area (Å²) in [5.74, 6) is 1.13. The number of halogens is 1. The zero-order valence-electron chi connectivity index (χ0n) is 19.3. The lowest BCUT2D eigenvalue weighted by Gasteiger charge is -2.13. The molecule has 4 rings (SSSR count). The van der Waals surface area contributed by atoms with Gasteiger partial charge in [-0.15, -0.1) is 0 Å². The maximum Gasteiger partial charge on any atom is 0.326 e. The van der Waals surface area contributed by atoms with Gasteiger partial charge in [0.15, 0.2) is 0 Å². The summed E-state index contributed by atoms with van der Waals surface area (Å²) in [5.41, 5.74) is 1.61. The number of fused-ring (bicyclic) bond motifs is 2. The highest BCUT2D eigenvalue weighted by atomic mass is 19.1. The van der Waals surface area contributed by atoms with Crippen LogP contribution in [0.1, 0.15) is 10.4 Å². The molecule has 2 aromatic carbocycles. The number of hydrogen-bond donors (Lipinski definition) is 2. The number of carbonyl (C=O) groups is 2. The summed E-state index contributed by atoms with van der Waals surface area (Å²) >= 11 is 0. The average Bonchev–Trinajstić information content (AvgIpc) is 3.30. The summed E-state index contributed by atoms with van der Waals surface area (Å²) in [6.45, 7) is 0.0644. The molecule has 0 radical (unpaired) electrons. The van der Waals surface area contributed by atoms with Crippen molar-refractivity contribution < 1.29 is 28.2 Å². The third-order valence-electron chi connectivity index (χ3n) is 5.34. The maximum atomic E-state index is 12.7. The highest BCUT2D eigenvalue weighted by Gasteiger charge is 2.17. The van der Waals surface area contributed by atoms with E-state index in [2.05, 4.69) is 15.6 Å². The molecule has 0 unspecified atom stereocenters. The Morgan fingerprint density at radius 1 is 1.03 bits per heavy atom. The summed E-state index contributed by atoms with van der Waals surface area (Å²) in [7, 11) is 3.05. The predicted octanol–water partition coefficient (Wildman–Crippen LogP) is 3.89. The second-order valence-electron chi connectivity index (χ2n) is 7.56. The van der Waals surface area contributed by atoms with Gasteiger partial charge in [-0.1, -0.05) is 0 Å². The molecule has 35 heavy (non-hydrogen) atoms. The average molecular weight is 480 g/mol. The van der Waals surface area contributed by atoms with Gasteiger partial charge in [0.1, 0.15) is 23.9 Å². The first-order valence-corrected chi connectivity index (χ1v) is 10.9. The van der Waals surface area contributed by atoms with Crippen LogP contribution < -0.4 is 20.1 Å². The van der Waals surface area contributed by atoms with E-state index in [1.165, 1.54) is 11.7 Å². The first-order valence-electron chi connectivity index (χ1n) is 10.9. The van der Waals surface area contributed by atoms with Crippen molar-refractivity contribution in [1.29, 1.82) is 0 Å². The van der Waals surface area contributed by atoms with Crippen molar-refractivity contribution in [2.24, 2.45) is 0 Å². The maximum absolute atomic E-state index is 12.7. The molecule has 2 aromatic heterocycles. The fourth-order valence-corrected chi connectivity index (χ4v) is 3.67. The smallest absolute Gasteiger partial charge is 0.326 e. The van der Waals surface area contributed by atoms with Crippen LogP contribution in [0.15, 0.2) is 54.9 Å². The van der Waals surface area contributed by atoms with Crippen LogP contribution in [0.4, 0.5) is 9.18 Å². The van der Waals surface area contributed by atoms with E-state index in [1.54, 1.807) is 62.0 Å². The number of pyridine rings is 1. The molecule has 2 N–H and O–H groups in total. The van der Waals surface area contributed by atoms with Gasteiger partial charge in [0.05, 0.1) is 30.3 Å². The van der Waals surface area contributed by atoms with Crippen molar-refractivity contribution in [2.75, 3.05) is 40.6 Å². The minimum absolute atomic E-state index is 0.0496. The van der Waals surface area contributed by atoms with E-state index in [4.69, 9.17) is 14.2 Å². The molecule has 0 aliphatic rings. The minimum atomic E-state index is -0.634. The Labute approximate surface area is 200 Å². The highest BCUT2D eigenvalue weighted by molar-refractivity contribution is 6.02. The van der Waals surface area contributed by atoms with Crippen molar-refractivity contribution >= 4 is 33.7 Å². The van der Waals surface area contributed by atoms with Crippen LogP contribution in [0.5, 0.6) is 17.2 Å². The number of benzene rings is 2. The Bertz CT molecular complexity index is 1370. The normalized spacial score (nSPS) is 10.9. The van der Waals surface area contributed by atoms with E-state index in [9.17, 15) is 14.0 Å². The Hall–Kier alpha value is -4.18. The molecule has 2 heterocycles. The van der Waals surface area contributed by atoms with Gasteiger partial charge in [-0.3, -0.25) is 14.3 Å². The van der Waals surface area contributed by atoms with E-state index < -0.39 is 12.7 Å². The van der Waals surface area contributed by atoms with E-state index >= 15 is 0 Å². The van der Waals surface area contributed by atoms with Gasteiger partial charge in [-0.2, -0.15) is 0 Å². The third kappa shape index (κ3) is 5.17. The number of nitrogens with zero attached hydrogens (tertiary/aromatic N) is 2. The zero-order chi connectivity index (χ0) is 24.8. The monoisotopic (exact) mass is 480 g/mol. The molecule has 0 fully saturated rings. The van der Waals surface area contributed by atoms with Crippen molar-refractivity contribution in [3.8, 4) is 17.2 Å². The molecule has 182 valence electrons. The van der Waals surface area contributed by atoms with E-state index in [0.29, 0.717) is 52.4 Å². The zero-order valence-corrected chi connectivity index (χ0v) is 19.3. The molecule has 0 bridgehead atoms. The molecule has 0 spiro atoms. The number of amides is 2. The second kappa shape index (κ2) is 10.8. The van der Waals surface area contributed by atoms with Gasteiger partial charge in [0, 0.05) is 49.4 Å². The van der Waals surface area contributed by atoms with Gasteiger partial charge < -0.3 is 24.8 Å². The fourth-order valence-electron chi connectivity index (χ4n) is 3.67. The quantitative estimate of drug-likeness (QED) is 0.352. The number of hydrogen-bond acceptors (Lipinski definition) is 6. The Morgan fingerprint density at radius 3 is 2.66 bits per heavy atom. The number of aromatic nitrogens is 2. The van der Waals surface area contributed by atoms with Gasteiger partial charge in [-0.05, 0) is 36.4 Å². The molecule has 10 heteroatoms. The first-order chi connectivity index (χ1) is 17.0. The number of ether oxygens (including phenoxy) is 3. The number of alkyl halides is 1. The summed E-state index contributed by atoms with van der Waals surface area (Å²) in [6, 6.07) is 11.7. The largest absolute Gasteiger partial charge is 0.496 e. The molecule has 0 saturated heterocycles. The molecular formula is C25H25FN4O5. The van der Waals surface area contributed by atoms with Gasteiger partial charge in [0.25, 0.3) is 5.91 Å². The summed E-state index contributed by atoms with van der Waals surface area (Å²) in [5, 5.41) is 6.70. The van der Waals surface area contributed by atoms with Gasteiger partial charge in [0.2, 0.25) is 0 Å². The van der Waals surface area contributed by atoms with Crippen molar-refractivity contribution in [1.82, 2.24) is 20.2 Å². The number of methoxy groups -OCH3 is 2. The number of nitrogens with one attached hydrogen (secondary N) is 2. The van der Waals surface area contributed by atoms with E-state index in [-0.39, 0.29) is 12.5 Å². The van der Waals surface area contributed by atoms with Crippen LogP contribution in [-0.4, -0.2) is 62.1 Å². The molecule has 4 aromatic rings. The molecule has 0 aliphatic carbocycles. The van der Waals surface area contributed by atoms with Crippen molar-refractivity contribution in [3.05, 3.63) is 60.4 Å². The Balaban J connectivity index is 1.65. The van der Waals surface area contributed by atoms with Gasteiger partial charge in [-0.25, -0.2) is 9.18 Å². The standard InChI is InChI=1S/C25H25FN4O5/c1-33-12-10-28-24(31)19-14-18-20(15-23(19)34-2)27-8-5-22(18)35-17-3-4-21-16(13-17)6-11-30(21)25(32)29-9-7-26/h3-6,8,11,13-15H,7,9-10,12H2,1-2H3,(H,28,31)(H,29,32). The summed E-state index contributed by atoms with van der Waals surface area (Å²) in [4.78, 5) is 29.3. The van der Waals surface area contributed by atoms with Crippen LogP contribution in [-0.2, 0) is 4.74 Å². The first kappa shape index (κ1) is 24.0.